The van der Waals surface area contributed by atoms with Crippen molar-refractivity contribution in [3.05, 3.63) is 17.0 Å². The van der Waals surface area contributed by atoms with E-state index in [1.54, 1.807) is 6.07 Å². The molecule has 0 spiro atoms. The number of thiophene rings is 1. The normalized spacial score (nSPS) is 17.0. The summed E-state index contributed by atoms with van der Waals surface area (Å²) in [5, 5.41) is 3.06. The van der Waals surface area contributed by atoms with E-state index >= 15 is 0 Å². The Morgan fingerprint density at radius 2 is 2.18 bits per heavy atom. The maximum absolute atomic E-state index is 12.0. The molecule has 1 fully saturated rings. The lowest BCUT2D eigenvalue weighted by Crippen LogP contribution is -2.39. The molecule has 1 aliphatic carbocycles. The molecule has 1 aliphatic rings. The molecule has 1 aromatic heterocycles. The van der Waals surface area contributed by atoms with E-state index in [1.165, 1.54) is 11.3 Å². The van der Waals surface area contributed by atoms with Crippen LogP contribution in [0.15, 0.2) is 16.3 Å². The minimum Gasteiger partial charge on any atom is -0.319 e. The van der Waals surface area contributed by atoms with Gasteiger partial charge in [-0.05, 0) is 45.0 Å². The number of rotatable bonds is 6. The summed E-state index contributed by atoms with van der Waals surface area (Å²) >= 11 is 1.37. The Balaban J connectivity index is 2.02. The average Bonchev–Trinajstić information content (AvgIpc) is 2.70. The molecule has 4 nitrogen and oxygen atoms in total. The van der Waals surface area contributed by atoms with Gasteiger partial charge in [0.05, 0.1) is 0 Å². The van der Waals surface area contributed by atoms with Gasteiger partial charge in [0.1, 0.15) is 4.21 Å². The Bertz CT molecular complexity index is 464. The summed E-state index contributed by atoms with van der Waals surface area (Å²) in [7, 11) is -1.38. The van der Waals surface area contributed by atoms with Gasteiger partial charge in [0.15, 0.2) is 0 Å². The van der Waals surface area contributed by atoms with Crippen LogP contribution in [0.2, 0.25) is 0 Å². The second-order valence-electron chi connectivity index (χ2n) is 4.32. The third-order valence-corrected chi connectivity index (χ3v) is 6.11. The lowest BCUT2D eigenvalue weighted by molar-refractivity contribution is 0.384. The van der Waals surface area contributed by atoms with Crippen molar-refractivity contribution in [2.24, 2.45) is 0 Å². The van der Waals surface area contributed by atoms with Gasteiger partial charge in [-0.2, -0.15) is 0 Å². The minimum atomic E-state index is -3.28. The van der Waals surface area contributed by atoms with E-state index in [1.807, 2.05) is 13.1 Å². The Hall–Kier alpha value is -0.430. The van der Waals surface area contributed by atoms with Gasteiger partial charge in [-0.25, -0.2) is 13.1 Å². The van der Waals surface area contributed by atoms with Crippen LogP contribution < -0.4 is 10.0 Å². The molecule has 0 bridgehead atoms. The van der Waals surface area contributed by atoms with Crippen LogP contribution in [0.4, 0.5) is 0 Å². The Kier molecular flexibility index (Phi) is 4.19. The standard InChI is InChI=1S/C11H18N2O2S2/c1-12-8-7-10-5-6-11(16-10)17(14,15)13-9-3-2-4-9/h5-6,9,12-13H,2-4,7-8H2,1H3. The van der Waals surface area contributed by atoms with Gasteiger partial charge in [0.25, 0.3) is 0 Å². The molecule has 1 saturated carbocycles. The Morgan fingerprint density at radius 3 is 2.76 bits per heavy atom. The molecule has 0 radical (unpaired) electrons. The molecule has 0 aromatic carbocycles. The van der Waals surface area contributed by atoms with E-state index in [4.69, 9.17) is 0 Å². The van der Waals surface area contributed by atoms with Crippen LogP contribution in [0.5, 0.6) is 0 Å². The summed E-state index contributed by atoms with van der Waals surface area (Å²) in [6.07, 6.45) is 3.94. The van der Waals surface area contributed by atoms with Crippen molar-refractivity contribution in [3.63, 3.8) is 0 Å². The highest BCUT2D eigenvalue weighted by molar-refractivity contribution is 7.91. The van der Waals surface area contributed by atoms with E-state index in [9.17, 15) is 8.42 Å². The molecule has 1 heterocycles. The predicted octanol–water partition coefficient (Wildman–Crippen LogP) is 1.34. The van der Waals surface area contributed by atoms with Crippen LogP contribution in [0, 0.1) is 0 Å². The summed E-state index contributed by atoms with van der Waals surface area (Å²) in [4.78, 5) is 1.10. The Morgan fingerprint density at radius 1 is 1.41 bits per heavy atom. The van der Waals surface area contributed by atoms with Crippen LogP contribution in [-0.4, -0.2) is 28.1 Å². The van der Waals surface area contributed by atoms with Gasteiger partial charge in [0.2, 0.25) is 10.0 Å². The topological polar surface area (TPSA) is 58.2 Å². The van der Waals surface area contributed by atoms with Crippen molar-refractivity contribution in [1.82, 2.24) is 10.0 Å². The first-order chi connectivity index (χ1) is 8.12. The van der Waals surface area contributed by atoms with Crippen molar-refractivity contribution in [2.75, 3.05) is 13.6 Å². The molecule has 0 atom stereocenters. The highest BCUT2D eigenvalue weighted by atomic mass is 32.2. The van der Waals surface area contributed by atoms with Crippen molar-refractivity contribution in [2.45, 2.75) is 35.9 Å². The number of sulfonamides is 1. The fourth-order valence-corrected chi connectivity index (χ4v) is 4.37. The summed E-state index contributed by atoms with van der Waals surface area (Å²) < 4.78 is 27.2. The van der Waals surface area contributed by atoms with Crippen molar-refractivity contribution >= 4 is 21.4 Å². The smallest absolute Gasteiger partial charge is 0.250 e. The first-order valence-corrected chi connectivity index (χ1v) is 8.17. The molecule has 0 saturated heterocycles. The number of nitrogens with one attached hydrogen (secondary N) is 2. The maximum atomic E-state index is 12.0. The number of hydrogen-bond acceptors (Lipinski definition) is 4. The SMILES string of the molecule is CNCCc1ccc(S(=O)(=O)NC2CCC2)s1. The van der Waals surface area contributed by atoms with Crippen molar-refractivity contribution in [1.29, 1.82) is 0 Å². The van der Waals surface area contributed by atoms with Gasteiger partial charge in [0, 0.05) is 10.9 Å². The largest absolute Gasteiger partial charge is 0.319 e. The molecule has 17 heavy (non-hydrogen) atoms. The molecular formula is C11H18N2O2S2. The van der Waals surface area contributed by atoms with Gasteiger partial charge in [-0.3, -0.25) is 0 Å². The quantitative estimate of drug-likeness (QED) is 0.823. The first-order valence-electron chi connectivity index (χ1n) is 5.87. The van der Waals surface area contributed by atoms with Gasteiger partial charge in [-0.15, -0.1) is 11.3 Å². The predicted molar refractivity (Wildman–Crippen MR) is 69.9 cm³/mol. The molecule has 1 aromatic rings. The van der Waals surface area contributed by atoms with E-state index in [2.05, 4.69) is 10.0 Å². The highest BCUT2D eigenvalue weighted by Crippen LogP contribution is 2.25. The molecule has 0 unspecified atom stereocenters. The van der Waals surface area contributed by atoms with Crippen LogP contribution in [0.3, 0.4) is 0 Å². The van der Waals surface area contributed by atoms with Crippen molar-refractivity contribution < 1.29 is 8.42 Å². The molecular weight excluding hydrogens is 256 g/mol. The van der Waals surface area contributed by atoms with Crippen molar-refractivity contribution in [3.8, 4) is 0 Å². The van der Waals surface area contributed by atoms with Crippen LogP contribution >= 0.6 is 11.3 Å². The zero-order valence-corrected chi connectivity index (χ0v) is 11.5. The van der Waals surface area contributed by atoms with E-state index in [0.717, 1.165) is 37.1 Å². The molecule has 6 heteroatoms. The third-order valence-electron chi connectivity index (χ3n) is 2.95. The number of hydrogen-bond donors (Lipinski definition) is 2. The van der Waals surface area contributed by atoms with Gasteiger partial charge in [-0.1, -0.05) is 6.42 Å². The maximum Gasteiger partial charge on any atom is 0.250 e. The minimum absolute atomic E-state index is 0.155. The van der Waals surface area contributed by atoms with Crippen LogP contribution in [-0.2, 0) is 16.4 Å². The second-order valence-corrected chi connectivity index (χ2v) is 7.43. The summed E-state index contributed by atoms with van der Waals surface area (Å²) in [6, 6.07) is 3.76. The van der Waals surface area contributed by atoms with Crippen LogP contribution in [0.1, 0.15) is 24.1 Å². The summed E-state index contributed by atoms with van der Waals surface area (Å²) in [5.41, 5.74) is 0. The first kappa shape index (κ1) is 13.0. The molecule has 2 rings (SSSR count). The third kappa shape index (κ3) is 3.28. The highest BCUT2D eigenvalue weighted by Gasteiger charge is 2.25. The molecule has 0 amide bonds. The van der Waals surface area contributed by atoms with E-state index < -0.39 is 10.0 Å². The fourth-order valence-electron chi connectivity index (χ4n) is 1.69. The number of likely N-dealkylation sites (N-methyl/N-ethyl adjacent to an activating group) is 1. The van der Waals surface area contributed by atoms with Gasteiger partial charge >= 0.3 is 0 Å². The molecule has 2 N–H and O–H groups in total. The summed E-state index contributed by atoms with van der Waals surface area (Å²) in [5.74, 6) is 0. The summed E-state index contributed by atoms with van der Waals surface area (Å²) in [6.45, 7) is 0.871. The lowest BCUT2D eigenvalue weighted by atomic mass is 9.94. The monoisotopic (exact) mass is 274 g/mol. The van der Waals surface area contributed by atoms with Gasteiger partial charge < -0.3 is 5.32 Å². The Labute approximate surface area is 106 Å². The lowest BCUT2D eigenvalue weighted by Gasteiger charge is -2.25. The molecule has 96 valence electrons. The fraction of sp³-hybridized carbons (Fsp3) is 0.636. The molecule has 0 aliphatic heterocycles. The average molecular weight is 274 g/mol. The zero-order valence-electron chi connectivity index (χ0n) is 9.90. The zero-order chi connectivity index (χ0) is 12.3. The second kappa shape index (κ2) is 5.48. The van der Waals surface area contributed by atoms with E-state index in [-0.39, 0.29) is 6.04 Å². The van der Waals surface area contributed by atoms with Crippen LogP contribution in [0.25, 0.3) is 0 Å². The van der Waals surface area contributed by atoms with E-state index in [0.29, 0.717) is 4.21 Å².